The minimum atomic E-state index is -1.12. The zero-order valence-electron chi connectivity index (χ0n) is 9.14. The molecular weight excluding hydrogens is 245 g/mol. The summed E-state index contributed by atoms with van der Waals surface area (Å²) in [5.41, 5.74) is 5.09. The summed E-state index contributed by atoms with van der Waals surface area (Å²) < 4.78 is 13.4. The van der Waals surface area contributed by atoms with Gasteiger partial charge in [0.2, 0.25) is 5.91 Å². The molecule has 1 rings (SSSR count). The summed E-state index contributed by atoms with van der Waals surface area (Å²) in [4.78, 5) is 21.7. The van der Waals surface area contributed by atoms with E-state index in [0.29, 0.717) is 5.75 Å². The van der Waals surface area contributed by atoms with E-state index >= 15 is 0 Å². The van der Waals surface area contributed by atoms with Crippen molar-refractivity contribution in [2.75, 3.05) is 5.75 Å². The summed E-state index contributed by atoms with van der Waals surface area (Å²) in [6.45, 7) is 1.63. The molecule has 0 saturated carbocycles. The van der Waals surface area contributed by atoms with E-state index in [9.17, 15) is 14.0 Å². The van der Waals surface area contributed by atoms with Crippen LogP contribution in [0.25, 0.3) is 0 Å². The number of hydrogen-bond acceptors (Lipinski definition) is 3. The molecule has 6 heteroatoms. The van der Waals surface area contributed by atoms with Gasteiger partial charge < -0.3 is 10.8 Å². The molecule has 1 unspecified atom stereocenters. The highest BCUT2D eigenvalue weighted by Gasteiger charge is 2.13. The molecular formula is C11H12FNO3S. The van der Waals surface area contributed by atoms with Crippen molar-refractivity contribution in [2.45, 2.75) is 11.8 Å². The fraction of sp³-hybridized carbons (Fsp3) is 0.273. The number of carboxylic acid groups (broad SMARTS) is 1. The number of carbonyl (C=O) groups is 2. The van der Waals surface area contributed by atoms with E-state index in [1.54, 1.807) is 6.92 Å². The Kier molecular flexibility index (Phi) is 4.51. The molecule has 0 spiro atoms. The van der Waals surface area contributed by atoms with Gasteiger partial charge >= 0.3 is 5.97 Å². The van der Waals surface area contributed by atoms with Gasteiger partial charge in [0.05, 0.1) is 5.56 Å². The molecule has 0 aliphatic carbocycles. The third-order valence-electron chi connectivity index (χ3n) is 2.15. The molecule has 0 aliphatic rings. The number of aromatic carboxylic acids is 1. The number of hydrogen-bond donors (Lipinski definition) is 2. The summed E-state index contributed by atoms with van der Waals surface area (Å²) >= 11 is 1.08. The molecule has 1 aromatic rings. The normalized spacial score (nSPS) is 12.1. The van der Waals surface area contributed by atoms with Crippen LogP contribution in [0.15, 0.2) is 23.1 Å². The molecule has 0 aliphatic heterocycles. The van der Waals surface area contributed by atoms with Crippen LogP contribution in [0.2, 0.25) is 0 Å². The Balaban J connectivity index is 2.79. The summed E-state index contributed by atoms with van der Waals surface area (Å²) in [7, 11) is 0. The second-order valence-electron chi connectivity index (χ2n) is 3.56. The SMILES string of the molecule is CC(CSc1cc(C(=O)O)ccc1F)C(N)=O. The number of primary amides is 1. The number of rotatable bonds is 5. The molecule has 92 valence electrons. The zero-order chi connectivity index (χ0) is 13.0. The molecule has 1 amide bonds. The third kappa shape index (κ3) is 3.74. The Hall–Kier alpha value is -1.56. The monoisotopic (exact) mass is 257 g/mol. The van der Waals surface area contributed by atoms with Crippen molar-refractivity contribution >= 4 is 23.6 Å². The lowest BCUT2D eigenvalue weighted by Crippen LogP contribution is -2.22. The number of amides is 1. The van der Waals surface area contributed by atoms with E-state index in [-0.39, 0.29) is 10.5 Å². The molecule has 0 fully saturated rings. The highest BCUT2D eigenvalue weighted by molar-refractivity contribution is 7.99. The zero-order valence-corrected chi connectivity index (χ0v) is 9.96. The van der Waals surface area contributed by atoms with Gasteiger partial charge in [-0.2, -0.15) is 0 Å². The van der Waals surface area contributed by atoms with Gasteiger partial charge in [-0.1, -0.05) is 6.92 Å². The average Bonchev–Trinajstić information content (AvgIpc) is 2.26. The van der Waals surface area contributed by atoms with Crippen molar-refractivity contribution in [3.8, 4) is 0 Å². The van der Waals surface area contributed by atoms with Crippen molar-refractivity contribution in [2.24, 2.45) is 11.7 Å². The molecule has 0 radical (unpaired) electrons. The van der Waals surface area contributed by atoms with Gasteiger partial charge in [0, 0.05) is 16.6 Å². The van der Waals surface area contributed by atoms with Crippen LogP contribution in [0.1, 0.15) is 17.3 Å². The Morgan fingerprint density at radius 2 is 2.18 bits per heavy atom. The summed E-state index contributed by atoms with van der Waals surface area (Å²) in [5, 5.41) is 8.76. The molecule has 4 nitrogen and oxygen atoms in total. The molecule has 17 heavy (non-hydrogen) atoms. The van der Waals surface area contributed by atoms with Crippen LogP contribution < -0.4 is 5.73 Å². The van der Waals surface area contributed by atoms with Gasteiger partial charge in [-0.15, -0.1) is 11.8 Å². The molecule has 1 atom stereocenters. The maximum Gasteiger partial charge on any atom is 0.335 e. The van der Waals surface area contributed by atoms with Gasteiger partial charge in [0.15, 0.2) is 0 Å². The Morgan fingerprint density at radius 3 is 2.71 bits per heavy atom. The van der Waals surface area contributed by atoms with Crippen LogP contribution in [0.5, 0.6) is 0 Å². The van der Waals surface area contributed by atoms with Gasteiger partial charge in [-0.3, -0.25) is 4.79 Å². The predicted octanol–water partition coefficient (Wildman–Crippen LogP) is 1.74. The summed E-state index contributed by atoms with van der Waals surface area (Å²) in [5.74, 6) is -2.17. The minimum Gasteiger partial charge on any atom is -0.478 e. The maximum absolute atomic E-state index is 13.4. The number of carboxylic acids is 1. The smallest absolute Gasteiger partial charge is 0.335 e. The van der Waals surface area contributed by atoms with Crippen molar-refractivity contribution in [3.05, 3.63) is 29.6 Å². The van der Waals surface area contributed by atoms with Crippen LogP contribution >= 0.6 is 11.8 Å². The molecule has 0 heterocycles. The first-order valence-corrected chi connectivity index (χ1v) is 5.85. The van der Waals surface area contributed by atoms with Crippen LogP contribution in [0.4, 0.5) is 4.39 Å². The molecule has 3 N–H and O–H groups in total. The van der Waals surface area contributed by atoms with Gasteiger partial charge in [0.25, 0.3) is 0 Å². The number of halogens is 1. The number of nitrogens with two attached hydrogens (primary N) is 1. The largest absolute Gasteiger partial charge is 0.478 e. The van der Waals surface area contributed by atoms with Gasteiger partial charge in [-0.25, -0.2) is 9.18 Å². The van der Waals surface area contributed by atoms with E-state index < -0.39 is 23.6 Å². The van der Waals surface area contributed by atoms with E-state index in [1.807, 2.05) is 0 Å². The van der Waals surface area contributed by atoms with Gasteiger partial charge in [-0.05, 0) is 18.2 Å². The molecule has 0 saturated heterocycles. The standard InChI is InChI=1S/C11H12FNO3S/c1-6(10(13)14)5-17-9-4-7(11(15)16)2-3-8(9)12/h2-4,6H,5H2,1H3,(H2,13,14)(H,15,16). The lowest BCUT2D eigenvalue weighted by atomic mass is 10.2. The van der Waals surface area contributed by atoms with E-state index in [0.717, 1.165) is 17.8 Å². The molecule has 0 bridgehead atoms. The van der Waals surface area contributed by atoms with Crippen molar-refractivity contribution < 1.29 is 19.1 Å². The topological polar surface area (TPSA) is 80.4 Å². The Morgan fingerprint density at radius 1 is 1.53 bits per heavy atom. The Labute approximate surface area is 102 Å². The quantitative estimate of drug-likeness (QED) is 0.787. The van der Waals surface area contributed by atoms with E-state index in [4.69, 9.17) is 10.8 Å². The minimum absolute atomic E-state index is 0.0145. The highest BCUT2D eigenvalue weighted by Crippen LogP contribution is 2.25. The second-order valence-corrected chi connectivity index (χ2v) is 4.63. The first-order chi connectivity index (χ1) is 7.91. The highest BCUT2D eigenvalue weighted by atomic mass is 32.2. The second kappa shape index (κ2) is 5.67. The predicted molar refractivity (Wildman–Crippen MR) is 62.4 cm³/mol. The van der Waals surface area contributed by atoms with E-state index in [2.05, 4.69) is 0 Å². The lowest BCUT2D eigenvalue weighted by molar-refractivity contribution is -0.120. The summed E-state index contributed by atoms with van der Waals surface area (Å²) in [6, 6.07) is 3.54. The number of carbonyl (C=O) groups excluding carboxylic acids is 1. The van der Waals surface area contributed by atoms with Crippen LogP contribution in [-0.4, -0.2) is 22.7 Å². The number of benzene rings is 1. The fourth-order valence-corrected chi connectivity index (χ4v) is 2.05. The third-order valence-corrected chi connectivity index (χ3v) is 3.44. The van der Waals surface area contributed by atoms with Crippen molar-refractivity contribution in [1.29, 1.82) is 0 Å². The molecule has 1 aromatic carbocycles. The van der Waals surface area contributed by atoms with Crippen molar-refractivity contribution in [1.82, 2.24) is 0 Å². The van der Waals surface area contributed by atoms with Gasteiger partial charge in [0.1, 0.15) is 5.82 Å². The van der Waals surface area contributed by atoms with E-state index in [1.165, 1.54) is 12.1 Å². The van der Waals surface area contributed by atoms with Crippen molar-refractivity contribution in [3.63, 3.8) is 0 Å². The first-order valence-electron chi connectivity index (χ1n) is 4.86. The van der Waals surface area contributed by atoms with Crippen LogP contribution in [-0.2, 0) is 4.79 Å². The fourth-order valence-electron chi connectivity index (χ4n) is 1.04. The van der Waals surface area contributed by atoms with Crippen LogP contribution in [0.3, 0.4) is 0 Å². The average molecular weight is 257 g/mol. The summed E-state index contributed by atoms with van der Waals surface area (Å²) in [6.07, 6.45) is 0. The molecule has 0 aromatic heterocycles. The maximum atomic E-state index is 13.4. The number of thioether (sulfide) groups is 1. The van der Waals surface area contributed by atoms with Crippen LogP contribution in [0, 0.1) is 11.7 Å². The lowest BCUT2D eigenvalue weighted by Gasteiger charge is -2.08. The Bertz CT molecular complexity index is 450. The first kappa shape index (κ1) is 13.5.